The molecule has 1 aliphatic heterocycles. The summed E-state index contributed by atoms with van der Waals surface area (Å²) in [5.41, 5.74) is 4.31. The van der Waals surface area contributed by atoms with Crippen molar-refractivity contribution in [1.29, 1.82) is 0 Å². The first-order valence-electron chi connectivity index (χ1n) is 9.90. The highest BCUT2D eigenvalue weighted by molar-refractivity contribution is 6.14. The number of aryl methyl sites for hydroxylation is 1. The second kappa shape index (κ2) is 8.03. The van der Waals surface area contributed by atoms with Crippen molar-refractivity contribution in [1.82, 2.24) is 0 Å². The summed E-state index contributed by atoms with van der Waals surface area (Å²) in [6.45, 7) is 3.99. The molecule has 1 heterocycles. The third-order valence-electron chi connectivity index (χ3n) is 5.65. The van der Waals surface area contributed by atoms with Gasteiger partial charge in [-0.3, -0.25) is 14.5 Å². The number of anilines is 2. The van der Waals surface area contributed by atoms with Gasteiger partial charge >= 0.3 is 0 Å². The molecule has 1 saturated heterocycles. The van der Waals surface area contributed by atoms with E-state index in [1.165, 1.54) is 0 Å². The first-order valence-corrected chi connectivity index (χ1v) is 9.90. The number of para-hydroxylation sites is 1. The Balaban J connectivity index is 1.83. The van der Waals surface area contributed by atoms with E-state index < -0.39 is 6.04 Å². The van der Waals surface area contributed by atoms with Crippen molar-refractivity contribution < 1.29 is 14.3 Å². The molecule has 0 N–H and O–H groups in total. The molecule has 152 valence electrons. The summed E-state index contributed by atoms with van der Waals surface area (Å²) >= 11 is 0. The van der Waals surface area contributed by atoms with Crippen LogP contribution in [0.2, 0.25) is 0 Å². The molecule has 0 saturated carbocycles. The Bertz CT molecular complexity index is 1080. The van der Waals surface area contributed by atoms with E-state index in [9.17, 15) is 9.59 Å². The number of methoxy groups -OCH3 is 1. The van der Waals surface area contributed by atoms with E-state index in [0.29, 0.717) is 11.4 Å². The number of nitrogens with zero attached hydrogens (tertiary/aromatic N) is 2. The van der Waals surface area contributed by atoms with E-state index in [4.69, 9.17) is 4.74 Å². The van der Waals surface area contributed by atoms with E-state index in [1.807, 2.05) is 86.6 Å². The smallest absolute Gasteiger partial charge is 0.255 e. The molecule has 2 amide bonds. The van der Waals surface area contributed by atoms with Gasteiger partial charge in [0.2, 0.25) is 5.91 Å². The second-order valence-corrected chi connectivity index (χ2v) is 7.42. The Morgan fingerprint density at radius 2 is 1.57 bits per heavy atom. The SMILES string of the molecule is COc1ccc(C2C(=O)N(c3cccc(C)c3C)CC(=O)N2c2ccccc2)cc1. The zero-order valence-corrected chi connectivity index (χ0v) is 17.3. The highest BCUT2D eigenvalue weighted by Gasteiger charge is 2.42. The summed E-state index contributed by atoms with van der Waals surface area (Å²) in [5.74, 6) is 0.450. The molecule has 4 rings (SSSR count). The zero-order valence-electron chi connectivity index (χ0n) is 17.3. The maximum absolute atomic E-state index is 13.8. The van der Waals surface area contributed by atoms with Crippen LogP contribution in [0.25, 0.3) is 0 Å². The molecule has 3 aromatic rings. The Hall–Kier alpha value is -3.60. The molecule has 1 fully saturated rings. The van der Waals surface area contributed by atoms with Crippen LogP contribution in [-0.4, -0.2) is 25.5 Å². The second-order valence-electron chi connectivity index (χ2n) is 7.42. The van der Waals surface area contributed by atoms with Gasteiger partial charge in [0.25, 0.3) is 5.91 Å². The van der Waals surface area contributed by atoms with Crippen LogP contribution in [-0.2, 0) is 9.59 Å². The van der Waals surface area contributed by atoms with Crippen molar-refractivity contribution in [2.24, 2.45) is 0 Å². The van der Waals surface area contributed by atoms with E-state index in [2.05, 4.69) is 0 Å². The Morgan fingerprint density at radius 3 is 2.23 bits per heavy atom. The van der Waals surface area contributed by atoms with Gasteiger partial charge in [0, 0.05) is 11.4 Å². The molecule has 0 radical (unpaired) electrons. The summed E-state index contributed by atoms with van der Waals surface area (Å²) in [6.07, 6.45) is 0. The van der Waals surface area contributed by atoms with Gasteiger partial charge in [-0.05, 0) is 60.9 Å². The van der Waals surface area contributed by atoms with E-state index >= 15 is 0 Å². The third-order valence-corrected chi connectivity index (χ3v) is 5.65. The molecular weight excluding hydrogens is 376 g/mol. The lowest BCUT2D eigenvalue weighted by Crippen LogP contribution is -2.56. The number of ether oxygens (including phenoxy) is 1. The van der Waals surface area contributed by atoms with Gasteiger partial charge < -0.3 is 9.64 Å². The highest BCUT2D eigenvalue weighted by atomic mass is 16.5. The molecule has 3 aromatic carbocycles. The number of amides is 2. The molecule has 1 unspecified atom stereocenters. The Kier molecular flexibility index (Phi) is 5.27. The molecule has 1 aliphatic rings. The fraction of sp³-hybridized carbons (Fsp3) is 0.200. The van der Waals surface area contributed by atoms with Gasteiger partial charge in [-0.1, -0.05) is 42.5 Å². The summed E-state index contributed by atoms with van der Waals surface area (Å²) in [7, 11) is 1.60. The van der Waals surface area contributed by atoms with Gasteiger partial charge in [-0.25, -0.2) is 0 Å². The van der Waals surface area contributed by atoms with E-state index in [0.717, 1.165) is 22.4 Å². The molecule has 5 nitrogen and oxygen atoms in total. The van der Waals surface area contributed by atoms with Crippen molar-refractivity contribution in [3.63, 3.8) is 0 Å². The average molecular weight is 400 g/mol. The fourth-order valence-electron chi connectivity index (χ4n) is 3.88. The normalized spacial score (nSPS) is 16.7. The van der Waals surface area contributed by atoms with Crippen LogP contribution in [0.4, 0.5) is 11.4 Å². The number of benzene rings is 3. The largest absolute Gasteiger partial charge is 0.497 e. The van der Waals surface area contributed by atoms with Crippen molar-refractivity contribution in [2.45, 2.75) is 19.9 Å². The van der Waals surface area contributed by atoms with Gasteiger partial charge in [0.1, 0.15) is 18.3 Å². The summed E-state index contributed by atoms with van der Waals surface area (Å²) in [6, 6.07) is 21.7. The minimum Gasteiger partial charge on any atom is -0.497 e. The molecule has 30 heavy (non-hydrogen) atoms. The molecule has 0 spiro atoms. The lowest BCUT2D eigenvalue weighted by Gasteiger charge is -2.41. The van der Waals surface area contributed by atoms with Crippen LogP contribution in [0.15, 0.2) is 72.8 Å². The van der Waals surface area contributed by atoms with Crippen LogP contribution in [0.3, 0.4) is 0 Å². The summed E-state index contributed by atoms with van der Waals surface area (Å²) in [4.78, 5) is 30.3. The van der Waals surface area contributed by atoms with Crippen molar-refractivity contribution in [3.05, 3.63) is 89.5 Å². The molecule has 5 heteroatoms. The Morgan fingerprint density at radius 1 is 0.867 bits per heavy atom. The summed E-state index contributed by atoms with van der Waals surface area (Å²) < 4.78 is 5.26. The zero-order chi connectivity index (χ0) is 21.3. The van der Waals surface area contributed by atoms with Gasteiger partial charge in [-0.15, -0.1) is 0 Å². The molecule has 1 atom stereocenters. The van der Waals surface area contributed by atoms with Crippen LogP contribution in [0, 0.1) is 13.8 Å². The highest BCUT2D eigenvalue weighted by Crippen LogP contribution is 2.36. The van der Waals surface area contributed by atoms with Crippen LogP contribution in [0.1, 0.15) is 22.7 Å². The number of hydrogen-bond acceptors (Lipinski definition) is 3. The van der Waals surface area contributed by atoms with Crippen LogP contribution >= 0.6 is 0 Å². The predicted octanol–water partition coefficient (Wildman–Crippen LogP) is 4.43. The average Bonchev–Trinajstić information content (AvgIpc) is 2.77. The maximum Gasteiger partial charge on any atom is 0.255 e. The third kappa shape index (κ3) is 3.43. The van der Waals surface area contributed by atoms with Crippen LogP contribution < -0.4 is 14.5 Å². The Labute approximate surface area is 176 Å². The van der Waals surface area contributed by atoms with Crippen LogP contribution in [0.5, 0.6) is 5.75 Å². The lowest BCUT2D eigenvalue weighted by molar-refractivity contribution is -0.128. The molecule has 0 aromatic heterocycles. The first kappa shape index (κ1) is 19.7. The first-order chi connectivity index (χ1) is 14.5. The number of carbonyl (C=O) groups excluding carboxylic acids is 2. The van der Waals surface area contributed by atoms with E-state index in [1.54, 1.807) is 16.9 Å². The van der Waals surface area contributed by atoms with Crippen molar-refractivity contribution >= 4 is 23.2 Å². The minimum atomic E-state index is -0.750. The van der Waals surface area contributed by atoms with Gasteiger partial charge in [0.05, 0.1) is 7.11 Å². The molecule has 0 aliphatic carbocycles. The van der Waals surface area contributed by atoms with Gasteiger partial charge in [0.15, 0.2) is 0 Å². The van der Waals surface area contributed by atoms with Crippen molar-refractivity contribution in [2.75, 3.05) is 23.5 Å². The maximum atomic E-state index is 13.8. The number of carbonyl (C=O) groups is 2. The quantitative estimate of drug-likeness (QED) is 0.651. The molecular formula is C25H24N2O3. The van der Waals surface area contributed by atoms with Gasteiger partial charge in [-0.2, -0.15) is 0 Å². The minimum absolute atomic E-state index is 0.00464. The molecule has 0 bridgehead atoms. The number of rotatable bonds is 4. The fourth-order valence-corrected chi connectivity index (χ4v) is 3.88. The number of piperazine rings is 1. The standard InChI is InChI=1S/C25H24N2O3/c1-17-8-7-11-22(18(17)2)26-16-23(28)27(20-9-5-4-6-10-20)24(25(26)29)19-12-14-21(30-3)15-13-19/h4-15,24H,16H2,1-3H3. The van der Waals surface area contributed by atoms with E-state index in [-0.39, 0.29) is 18.4 Å². The summed E-state index contributed by atoms with van der Waals surface area (Å²) in [5, 5.41) is 0. The van der Waals surface area contributed by atoms with Crippen molar-refractivity contribution in [3.8, 4) is 5.75 Å². The predicted molar refractivity (Wildman–Crippen MR) is 118 cm³/mol. The number of hydrogen-bond donors (Lipinski definition) is 0. The monoisotopic (exact) mass is 400 g/mol. The lowest BCUT2D eigenvalue weighted by atomic mass is 9.98. The topological polar surface area (TPSA) is 49.9 Å².